The summed E-state index contributed by atoms with van der Waals surface area (Å²) in [5.74, 6) is -0.333. The van der Waals surface area contributed by atoms with Crippen LogP contribution in [0.2, 0.25) is 0 Å². The van der Waals surface area contributed by atoms with Gasteiger partial charge in [-0.1, -0.05) is 32.9 Å². The highest BCUT2D eigenvalue weighted by molar-refractivity contribution is 7.88. The van der Waals surface area contributed by atoms with Crippen LogP contribution >= 0.6 is 11.3 Å². The van der Waals surface area contributed by atoms with Gasteiger partial charge >= 0.3 is 5.69 Å². The number of aromatic nitrogens is 2. The summed E-state index contributed by atoms with van der Waals surface area (Å²) in [6.07, 6.45) is 2.34. The standard InChI is InChI=1S/C25H26FN3O5S2/c1-25(2,3)17-11-18(29-9-8-20(30)28-24(29)31)22(26)21(23(17)34-4)14-6-7-16-15(12-27-36(5,32)33)13-35-19(16)10-14/h6-11,13,27H,12H2,1-5H3,(H,28,30,31). The average Bonchev–Trinajstić information content (AvgIpc) is 3.18. The van der Waals surface area contributed by atoms with Gasteiger partial charge in [0, 0.05) is 29.1 Å². The number of nitrogens with one attached hydrogen (secondary N) is 2. The molecular formula is C25H26FN3O5S2. The fraction of sp³-hybridized carbons (Fsp3) is 0.280. The third kappa shape index (κ3) is 4.99. The van der Waals surface area contributed by atoms with Crippen LogP contribution in [0.1, 0.15) is 31.9 Å². The highest BCUT2D eigenvalue weighted by Gasteiger charge is 2.28. The molecule has 0 bridgehead atoms. The van der Waals surface area contributed by atoms with Crippen molar-refractivity contribution in [2.45, 2.75) is 32.7 Å². The number of ether oxygens (including phenoxy) is 1. The molecule has 0 unspecified atom stereocenters. The van der Waals surface area contributed by atoms with Crippen LogP contribution in [-0.2, 0) is 22.0 Å². The lowest BCUT2D eigenvalue weighted by molar-refractivity contribution is 0.396. The largest absolute Gasteiger partial charge is 0.496 e. The molecule has 0 radical (unpaired) electrons. The molecule has 4 aromatic rings. The second-order valence-corrected chi connectivity index (χ2v) is 12.2. The maximum atomic E-state index is 16.2. The monoisotopic (exact) mass is 531 g/mol. The van der Waals surface area contributed by atoms with E-state index >= 15 is 4.39 Å². The first kappa shape index (κ1) is 25.8. The number of fused-ring (bicyclic) bond motifs is 1. The second-order valence-electron chi connectivity index (χ2n) is 9.46. The number of aromatic amines is 1. The second kappa shape index (κ2) is 9.30. The number of thiophene rings is 1. The van der Waals surface area contributed by atoms with E-state index in [0.29, 0.717) is 16.9 Å². The Balaban J connectivity index is 1.97. The minimum atomic E-state index is -3.35. The third-order valence-electron chi connectivity index (χ3n) is 5.76. The average molecular weight is 532 g/mol. The van der Waals surface area contributed by atoms with Crippen LogP contribution in [0.3, 0.4) is 0 Å². The van der Waals surface area contributed by atoms with E-state index in [-0.39, 0.29) is 17.8 Å². The first-order chi connectivity index (χ1) is 16.8. The predicted molar refractivity (Wildman–Crippen MR) is 140 cm³/mol. The molecule has 0 fully saturated rings. The molecule has 0 atom stereocenters. The Kier molecular flexibility index (Phi) is 6.67. The van der Waals surface area contributed by atoms with Crippen molar-refractivity contribution < 1.29 is 17.5 Å². The molecular weight excluding hydrogens is 505 g/mol. The lowest BCUT2D eigenvalue weighted by atomic mass is 9.83. The molecule has 0 amide bonds. The number of benzene rings is 2. The van der Waals surface area contributed by atoms with Crippen LogP contribution in [0.25, 0.3) is 26.9 Å². The Hall–Kier alpha value is -3.28. The van der Waals surface area contributed by atoms with Crippen LogP contribution in [0.4, 0.5) is 4.39 Å². The summed E-state index contributed by atoms with van der Waals surface area (Å²) in [5.41, 5.74) is 0.393. The maximum Gasteiger partial charge on any atom is 0.333 e. The first-order valence-corrected chi connectivity index (χ1v) is 13.8. The van der Waals surface area contributed by atoms with E-state index in [0.717, 1.165) is 32.5 Å². The van der Waals surface area contributed by atoms with Crippen LogP contribution in [0.5, 0.6) is 5.75 Å². The molecule has 0 aliphatic rings. The predicted octanol–water partition coefficient (Wildman–Crippen LogP) is 3.90. The van der Waals surface area contributed by atoms with Gasteiger partial charge in [0.05, 0.1) is 24.6 Å². The van der Waals surface area contributed by atoms with Gasteiger partial charge in [-0.2, -0.15) is 0 Å². The fourth-order valence-electron chi connectivity index (χ4n) is 4.02. The normalized spacial score (nSPS) is 12.3. The van der Waals surface area contributed by atoms with Crippen LogP contribution < -0.4 is 20.7 Å². The summed E-state index contributed by atoms with van der Waals surface area (Å²) in [6, 6.07) is 8.10. The van der Waals surface area contributed by atoms with Gasteiger partial charge in [0.15, 0.2) is 5.82 Å². The van der Waals surface area contributed by atoms with E-state index < -0.39 is 32.5 Å². The van der Waals surface area contributed by atoms with E-state index in [1.807, 2.05) is 38.3 Å². The van der Waals surface area contributed by atoms with Crippen LogP contribution in [0.15, 0.2) is 51.5 Å². The molecule has 2 aromatic carbocycles. The SMILES string of the molecule is COc1c(C(C)(C)C)cc(-n2ccc(=O)[nH]c2=O)c(F)c1-c1ccc2c(CNS(C)(=O)=O)csc2c1. The van der Waals surface area contributed by atoms with Crippen molar-refractivity contribution in [3.05, 3.63) is 79.7 Å². The molecule has 36 heavy (non-hydrogen) atoms. The zero-order valence-corrected chi connectivity index (χ0v) is 22.1. The van der Waals surface area contributed by atoms with E-state index in [2.05, 4.69) is 9.71 Å². The quantitative estimate of drug-likeness (QED) is 0.392. The van der Waals surface area contributed by atoms with Gasteiger partial charge in [-0.25, -0.2) is 22.3 Å². The molecule has 0 aliphatic heterocycles. The molecule has 0 aliphatic carbocycles. The number of nitrogens with zero attached hydrogens (tertiary/aromatic N) is 1. The van der Waals surface area contributed by atoms with Gasteiger partial charge in [0.1, 0.15) is 5.75 Å². The molecule has 2 heterocycles. The number of methoxy groups -OCH3 is 1. The summed E-state index contributed by atoms with van der Waals surface area (Å²) in [5, 5.41) is 2.71. The summed E-state index contributed by atoms with van der Waals surface area (Å²) in [4.78, 5) is 26.3. The molecule has 8 nitrogen and oxygen atoms in total. The van der Waals surface area contributed by atoms with Crippen LogP contribution in [0, 0.1) is 5.82 Å². The van der Waals surface area contributed by atoms with E-state index in [1.165, 1.54) is 24.6 Å². The van der Waals surface area contributed by atoms with Gasteiger partial charge in [0.2, 0.25) is 10.0 Å². The Morgan fingerprint density at radius 2 is 1.89 bits per heavy atom. The topological polar surface area (TPSA) is 110 Å². The Bertz CT molecular complexity index is 1700. The highest BCUT2D eigenvalue weighted by atomic mass is 32.2. The van der Waals surface area contributed by atoms with Crippen molar-refractivity contribution in [1.29, 1.82) is 0 Å². The summed E-state index contributed by atoms with van der Waals surface area (Å²) < 4.78 is 49.3. The molecule has 11 heteroatoms. The third-order valence-corrected chi connectivity index (χ3v) is 7.42. The number of halogens is 1. The smallest absolute Gasteiger partial charge is 0.333 e. The summed E-state index contributed by atoms with van der Waals surface area (Å²) in [7, 11) is -1.88. The molecule has 2 N–H and O–H groups in total. The Morgan fingerprint density at radius 3 is 2.50 bits per heavy atom. The Labute approximate surface area is 211 Å². The number of hydrogen-bond acceptors (Lipinski definition) is 6. The van der Waals surface area contributed by atoms with E-state index in [1.54, 1.807) is 12.1 Å². The highest BCUT2D eigenvalue weighted by Crippen LogP contribution is 2.44. The molecule has 0 saturated carbocycles. The van der Waals surface area contributed by atoms with Crippen LogP contribution in [-0.4, -0.2) is 31.3 Å². The van der Waals surface area contributed by atoms with Gasteiger partial charge in [0.25, 0.3) is 5.56 Å². The number of H-pyrrole nitrogens is 1. The van der Waals surface area contributed by atoms with Crippen molar-refractivity contribution in [3.8, 4) is 22.6 Å². The number of sulfonamides is 1. The molecule has 2 aromatic heterocycles. The number of rotatable bonds is 6. The molecule has 4 rings (SSSR count). The van der Waals surface area contributed by atoms with Gasteiger partial charge in [-0.3, -0.25) is 14.3 Å². The van der Waals surface area contributed by atoms with E-state index in [9.17, 15) is 18.0 Å². The maximum absolute atomic E-state index is 16.2. The zero-order valence-electron chi connectivity index (χ0n) is 20.4. The summed E-state index contributed by atoms with van der Waals surface area (Å²) in [6.45, 7) is 6.01. The van der Waals surface area contributed by atoms with Crippen molar-refractivity contribution in [1.82, 2.24) is 14.3 Å². The summed E-state index contributed by atoms with van der Waals surface area (Å²) >= 11 is 1.41. The molecule has 190 valence electrons. The molecule has 0 spiro atoms. The zero-order chi connectivity index (χ0) is 26.4. The van der Waals surface area contributed by atoms with Gasteiger partial charge in [-0.15, -0.1) is 11.3 Å². The minimum Gasteiger partial charge on any atom is -0.496 e. The lowest BCUT2D eigenvalue weighted by Gasteiger charge is -2.26. The van der Waals surface area contributed by atoms with Gasteiger partial charge in [-0.05, 0) is 39.4 Å². The molecule has 0 saturated heterocycles. The van der Waals surface area contributed by atoms with Crippen molar-refractivity contribution in [2.24, 2.45) is 0 Å². The van der Waals surface area contributed by atoms with E-state index in [4.69, 9.17) is 4.74 Å². The number of hydrogen-bond donors (Lipinski definition) is 2. The fourth-order valence-corrected chi connectivity index (χ4v) is 5.44. The van der Waals surface area contributed by atoms with Crippen molar-refractivity contribution >= 4 is 31.4 Å². The first-order valence-electron chi connectivity index (χ1n) is 11.0. The lowest BCUT2D eigenvalue weighted by Crippen LogP contribution is -2.28. The Morgan fingerprint density at radius 1 is 1.17 bits per heavy atom. The van der Waals surface area contributed by atoms with Gasteiger partial charge < -0.3 is 4.74 Å². The van der Waals surface area contributed by atoms with Crippen molar-refractivity contribution in [2.75, 3.05) is 13.4 Å². The van der Waals surface area contributed by atoms with Crippen molar-refractivity contribution in [3.63, 3.8) is 0 Å². The minimum absolute atomic E-state index is 0.0127.